The number of rotatable bonds is 5. The van der Waals surface area contributed by atoms with Gasteiger partial charge in [0.25, 0.3) is 5.89 Å². The van der Waals surface area contributed by atoms with Crippen LogP contribution in [0.5, 0.6) is 0 Å². The van der Waals surface area contributed by atoms with Gasteiger partial charge in [-0.2, -0.15) is 4.98 Å². The minimum Gasteiger partial charge on any atom is -0.480 e. The Labute approximate surface area is 115 Å². The van der Waals surface area contributed by atoms with E-state index in [2.05, 4.69) is 15.5 Å². The standard InChI is InChI=1S/C14H15N3O3/c1-8-2-3-10(6-11(8)15-7-12(18)19)14-16-13(17-20-14)9-4-5-9/h2-3,6,9,15H,4-5,7H2,1H3,(H,18,19). The van der Waals surface area contributed by atoms with Crippen molar-refractivity contribution in [3.05, 3.63) is 29.6 Å². The average molecular weight is 273 g/mol. The highest BCUT2D eigenvalue weighted by Crippen LogP contribution is 2.39. The first-order valence-electron chi connectivity index (χ1n) is 6.54. The summed E-state index contributed by atoms with van der Waals surface area (Å²) in [5, 5.41) is 15.6. The molecule has 1 fully saturated rings. The zero-order valence-electron chi connectivity index (χ0n) is 11.1. The van der Waals surface area contributed by atoms with Crippen molar-refractivity contribution in [1.82, 2.24) is 10.1 Å². The molecule has 1 heterocycles. The first-order chi connectivity index (χ1) is 9.63. The number of carboxylic acid groups (broad SMARTS) is 1. The average Bonchev–Trinajstić information content (AvgIpc) is 3.16. The first kappa shape index (κ1) is 12.7. The van der Waals surface area contributed by atoms with Gasteiger partial charge in [0.2, 0.25) is 0 Å². The fourth-order valence-corrected chi connectivity index (χ4v) is 1.98. The Morgan fingerprint density at radius 1 is 1.50 bits per heavy atom. The second kappa shape index (κ2) is 4.96. The van der Waals surface area contributed by atoms with E-state index in [1.54, 1.807) is 0 Å². The van der Waals surface area contributed by atoms with Crippen molar-refractivity contribution in [1.29, 1.82) is 0 Å². The molecular formula is C14H15N3O3. The van der Waals surface area contributed by atoms with Gasteiger partial charge in [0, 0.05) is 17.2 Å². The van der Waals surface area contributed by atoms with Crippen LogP contribution in [-0.2, 0) is 4.79 Å². The number of anilines is 1. The SMILES string of the molecule is Cc1ccc(-c2nc(C3CC3)no2)cc1NCC(=O)O. The van der Waals surface area contributed by atoms with Gasteiger partial charge in [0.15, 0.2) is 5.82 Å². The molecule has 104 valence electrons. The predicted molar refractivity (Wildman–Crippen MR) is 72.6 cm³/mol. The van der Waals surface area contributed by atoms with Crippen molar-refractivity contribution in [3.8, 4) is 11.5 Å². The molecular weight excluding hydrogens is 258 g/mol. The van der Waals surface area contributed by atoms with E-state index in [-0.39, 0.29) is 6.54 Å². The van der Waals surface area contributed by atoms with Crippen LogP contribution in [0, 0.1) is 6.92 Å². The molecule has 2 aromatic rings. The third-order valence-electron chi connectivity index (χ3n) is 3.30. The van der Waals surface area contributed by atoms with Crippen LogP contribution in [0.1, 0.15) is 30.1 Å². The molecule has 0 amide bonds. The topological polar surface area (TPSA) is 88.3 Å². The van der Waals surface area contributed by atoms with E-state index >= 15 is 0 Å². The summed E-state index contributed by atoms with van der Waals surface area (Å²) in [4.78, 5) is 15.0. The Morgan fingerprint density at radius 2 is 2.30 bits per heavy atom. The van der Waals surface area contributed by atoms with Crippen LogP contribution in [-0.4, -0.2) is 27.8 Å². The van der Waals surface area contributed by atoms with Crippen molar-refractivity contribution in [3.63, 3.8) is 0 Å². The molecule has 1 saturated carbocycles. The van der Waals surface area contributed by atoms with Crippen LogP contribution in [0.3, 0.4) is 0 Å². The molecule has 0 radical (unpaired) electrons. The van der Waals surface area contributed by atoms with Gasteiger partial charge < -0.3 is 14.9 Å². The summed E-state index contributed by atoms with van der Waals surface area (Å²) in [6.45, 7) is 1.79. The Bertz CT molecular complexity index is 647. The fourth-order valence-electron chi connectivity index (χ4n) is 1.98. The van der Waals surface area contributed by atoms with E-state index in [1.165, 1.54) is 0 Å². The number of benzene rings is 1. The third kappa shape index (κ3) is 2.64. The van der Waals surface area contributed by atoms with Gasteiger partial charge >= 0.3 is 5.97 Å². The lowest BCUT2D eigenvalue weighted by Crippen LogP contribution is -2.13. The monoisotopic (exact) mass is 273 g/mol. The Hall–Kier alpha value is -2.37. The molecule has 0 bridgehead atoms. The lowest BCUT2D eigenvalue weighted by Gasteiger charge is -2.08. The van der Waals surface area contributed by atoms with Gasteiger partial charge in [-0.1, -0.05) is 11.2 Å². The second-order valence-corrected chi connectivity index (χ2v) is 5.01. The molecule has 3 rings (SSSR count). The van der Waals surface area contributed by atoms with Gasteiger partial charge in [0.1, 0.15) is 6.54 Å². The van der Waals surface area contributed by atoms with Crippen molar-refractivity contribution in [2.75, 3.05) is 11.9 Å². The highest BCUT2D eigenvalue weighted by Gasteiger charge is 2.29. The summed E-state index contributed by atoms with van der Waals surface area (Å²) in [6, 6.07) is 5.63. The van der Waals surface area contributed by atoms with Crippen LogP contribution < -0.4 is 5.32 Å². The first-order valence-corrected chi connectivity index (χ1v) is 6.54. The van der Waals surface area contributed by atoms with Crippen LogP contribution in [0.2, 0.25) is 0 Å². The van der Waals surface area contributed by atoms with Gasteiger partial charge in [-0.25, -0.2) is 0 Å². The molecule has 0 saturated heterocycles. The second-order valence-electron chi connectivity index (χ2n) is 5.01. The van der Waals surface area contributed by atoms with E-state index in [0.29, 0.717) is 11.8 Å². The van der Waals surface area contributed by atoms with Gasteiger partial charge in [-0.05, 0) is 37.5 Å². The molecule has 0 unspecified atom stereocenters. The lowest BCUT2D eigenvalue weighted by atomic mass is 10.1. The molecule has 1 aliphatic rings. The maximum atomic E-state index is 10.6. The maximum absolute atomic E-state index is 10.6. The number of carboxylic acids is 1. The van der Waals surface area contributed by atoms with Crippen molar-refractivity contribution in [2.24, 2.45) is 0 Å². The van der Waals surface area contributed by atoms with Gasteiger partial charge in [-0.15, -0.1) is 0 Å². The zero-order valence-corrected chi connectivity index (χ0v) is 11.1. The molecule has 1 aromatic heterocycles. The van der Waals surface area contributed by atoms with Gasteiger partial charge in [0.05, 0.1) is 0 Å². The zero-order chi connectivity index (χ0) is 14.1. The van der Waals surface area contributed by atoms with Crippen molar-refractivity contribution >= 4 is 11.7 Å². The molecule has 0 atom stereocenters. The smallest absolute Gasteiger partial charge is 0.322 e. The van der Waals surface area contributed by atoms with E-state index in [9.17, 15) is 4.79 Å². The van der Waals surface area contributed by atoms with E-state index in [4.69, 9.17) is 9.63 Å². The Balaban J connectivity index is 1.84. The number of nitrogens with zero attached hydrogens (tertiary/aromatic N) is 2. The highest BCUT2D eigenvalue weighted by atomic mass is 16.5. The summed E-state index contributed by atoms with van der Waals surface area (Å²) in [7, 11) is 0. The number of nitrogens with one attached hydrogen (secondary N) is 1. The third-order valence-corrected chi connectivity index (χ3v) is 3.30. The number of aromatic nitrogens is 2. The number of hydrogen-bond donors (Lipinski definition) is 2. The number of aliphatic carboxylic acids is 1. The molecule has 0 spiro atoms. The quantitative estimate of drug-likeness (QED) is 0.869. The molecule has 2 N–H and O–H groups in total. The van der Waals surface area contributed by atoms with Crippen LogP contribution in [0.15, 0.2) is 22.7 Å². The highest BCUT2D eigenvalue weighted by molar-refractivity contribution is 5.74. The van der Waals surface area contributed by atoms with Gasteiger partial charge in [-0.3, -0.25) is 4.79 Å². The summed E-state index contributed by atoms with van der Waals surface area (Å²) in [5.74, 6) is 0.789. The largest absolute Gasteiger partial charge is 0.480 e. The normalized spacial score (nSPS) is 14.2. The predicted octanol–water partition coefficient (Wildman–Crippen LogP) is 2.42. The number of aryl methyl sites for hydroxylation is 1. The van der Waals surface area contributed by atoms with Crippen LogP contribution in [0.4, 0.5) is 5.69 Å². The molecule has 6 heteroatoms. The van der Waals surface area contributed by atoms with E-state index in [1.807, 2.05) is 25.1 Å². The van der Waals surface area contributed by atoms with E-state index < -0.39 is 5.97 Å². The molecule has 0 aliphatic heterocycles. The van der Waals surface area contributed by atoms with E-state index in [0.717, 1.165) is 35.5 Å². The number of hydrogen-bond acceptors (Lipinski definition) is 5. The minimum atomic E-state index is -0.899. The molecule has 20 heavy (non-hydrogen) atoms. The van der Waals surface area contributed by atoms with Crippen LogP contribution >= 0.6 is 0 Å². The Morgan fingerprint density at radius 3 is 3.00 bits per heavy atom. The summed E-state index contributed by atoms with van der Waals surface area (Å²) in [6.07, 6.45) is 2.25. The van der Waals surface area contributed by atoms with Crippen LogP contribution in [0.25, 0.3) is 11.5 Å². The maximum Gasteiger partial charge on any atom is 0.322 e. The molecule has 6 nitrogen and oxygen atoms in total. The Kier molecular flexibility index (Phi) is 3.14. The lowest BCUT2D eigenvalue weighted by molar-refractivity contribution is -0.134. The molecule has 1 aliphatic carbocycles. The van der Waals surface area contributed by atoms with Crippen molar-refractivity contribution in [2.45, 2.75) is 25.7 Å². The summed E-state index contributed by atoms with van der Waals surface area (Å²) in [5.41, 5.74) is 2.52. The van der Waals surface area contributed by atoms with Crippen molar-refractivity contribution < 1.29 is 14.4 Å². The summed E-state index contributed by atoms with van der Waals surface area (Å²) >= 11 is 0. The minimum absolute atomic E-state index is 0.124. The summed E-state index contributed by atoms with van der Waals surface area (Å²) < 4.78 is 5.27. The number of carbonyl (C=O) groups is 1. The fraction of sp³-hybridized carbons (Fsp3) is 0.357. The molecule has 1 aromatic carbocycles.